The Morgan fingerprint density at radius 1 is 1.27 bits per heavy atom. The summed E-state index contributed by atoms with van der Waals surface area (Å²) in [4.78, 5) is 11.9. The first kappa shape index (κ1) is 14.3. The van der Waals surface area contributed by atoms with E-state index < -0.39 is 18.1 Å². The summed E-state index contributed by atoms with van der Waals surface area (Å²) in [5.74, 6) is -1.73. The van der Waals surface area contributed by atoms with Gasteiger partial charge >= 0.3 is 12.1 Å². The molecule has 5 heteroatoms. The van der Waals surface area contributed by atoms with Gasteiger partial charge in [0.2, 0.25) is 0 Å². The van der Waals surface area contributed by atoms with Crippen LogP contribution in [0.2, 0.25) is 0 Å². The third kappa shape index (κ3) is 5.04. The minimum atomic E-state index is -4.75. The molecule has 0 bridgehead atoms. The lowest BCUT2D eigenvalue weighted by Gasteiger charge is -2.27. The van der Waals surface area contributed by atoms with Gasteiger partial charge in [0.05, 0.1) is 0 Å². The van der Waals surface area contributed by atoms with E-state index in [0.29, 0.717) is 6.42 Å². The largest absolute Gasteiger partial charge is 0.471 e. The second-order valence-electron chi connectivity index (χ2n) is 3.80. The monoisotopic (exact) mass is 225 g/mol. The molecule has 0 aliphatic carbocycles. The number of hydrogen-bond donors (Lipinski definition) is 0. The molecule has 0 atom stereocenters. The first-order valence-corrected chi connectivity index (χ1v) is 5.18. The zero-order valence-corrected chi connectivity index (χ0v) is 9.40. The second-order valence-corrected chi connectivity index (χ2v) is 3.80. The normalized spacial score (nSPS) is 11.9. The molecule has 0 aliphatic heterocycles. The van der Waals surface area contributed by atoms with E-state index in [4.69, 9.17) is 0 Å². The van der Waals surface area contributed by atoms with E-state index in [9.17, 15) is 18.0 Å². The van der Waals surface area contributed by atoms with Crippen molar-refractivity contribution in [2.24, 2.45) is 0 Å². The van der Waals surface area contributed by atoms with Crippen molar-refractivity contribution in [1.82, 2.24) is 4.90 Å². The first-order chi connectivity index (χ1) is 6.80. The predicted molar refractivity (Wildman–Crippen MR) is 52.4 cm³/mol. The lowest BCUT2D eigenvalue weighted by molar-refractivity contribution is -0.187. The quantitative estimate of drug-likeness (QED) is 0.659. The van der Waals surface area contributed by atoms with Crippen LogP contribution >= 0.6 is 0 Å². The Kier molecular flexibility index (Phi) is 5.68. The minimum Gasteiger partial charge on any atom is -0.332 e. The molecule has 2 nitrogen and oxygen atoms in total. The molecule has 15 heavy (non-hydrogen) atoms. The number of rotatable bonds is 5. The molecule has 1 amide bonds. The van der Waals surface area contributed by atoms with Gasteiger partial charge in [-0.05, 0) is 20.3 Å². The van der Waals surface area contributed by atoms with Gasteiger partial charge in [0.1, 0.15) is 0 Å². The van der Waals surface area contributed by atoms with Crippen LogP contribution in [0.1, 0.15) is 40.0 Å². The Bertz CT molecular complexity index is 201. The average Bonchev–Trinajstić information content (AvgIpc) is 2.09. The standard InChI is InChI=1S/C10H18F3NO/c1-4-5-6-7-14(8(2)3)9(15)10(11,12)13/h8H,4-7H2,1-3H3. The van der Waals surface area contributed by atoms with Crippen LogP contribution in [0.15, 0.2) is 0 Å². The van der Waals surface area contributed by atoms with Gasteiger partial charge in [-0.3, -0.25) is 4.79 Å². The number of unbranched alkanes of at least 4 members (excludes halogenated alkanes) is 2. The van der Waals surface area contributed by atoms with E-state index in [1.807, 2.05) is 6.92 Å². The van der Waals surface area contributed by atoms with Crippen molar-refractivity contribution < 1.29 is 18.0 Å². The van der Waals surface area contributed by atoms with Gasteiger partial charge in [-0.25, -0.2) is 0 Å². The van der Waals surface area contributed by atoms with Crippen molar-refractivity contribution in [2.75, 3.05) is 6.54 Å². The maximum absolute atomic E-state index is 12.2. The summed E-state index contributed by atoms with van der Waals surface area (Å²) < 4.78 is 36.5. The first-order valence-electron chi connectivity index (χ1n) is 5.18. The Balaban J connectivity index is 4.33. The lowest BCUT2D eigenvalue weighted by Crippen LogP contribution is -2.45. The van der Waals surface area contributed by atoms with Crippen molar-refractivity contribution in [3.05, 3.63) is 0 Å². The molecule has 0 saturated heterocycles. The van der Waals surface area contributed by atoms with Gasteiger partial charge in [-0.1, -0.05) is 19.8 Å². The molecule has 0 N–H and O–H groups in total. The van der Waals surface area contributed by atoms with Gasteiger partial charge in [0.25, 0.3) is 0 Å². The summed E-state index contributed by atoms with van der Waals surface area (Å²) in [5, 5.41) is 0. The summed E-state index contributed by atoms with van der Waals surface area (Å²) in [6, 6.07) is -0.406. The third-order valence-electron chi connectivity index (χ3n) is 2.13. The minimum absolute atomic E-state index is 0.184. The molecule has 0 spiro atoms. The Morgan fingerprint density at radius 3 is 2.13 bits per heavy atom. The zero-order valence-electron chi connectivity index (χ0n) is 9.40. The fourth-order valence-corrected chi connectivity index (χ4v) is 1.29. The van der Waals surface area contributed by atoms with Gasteiger partial charge in [-0.15, -0.1) is 0 Å². The average molecular weight is 225 g/mol. The molecule has 0 fully saturated rings. The number of nitrogens with zero attached hydrogens (tertiary/aromatic N) is 1. The molecule has 0 aromatic rings. The summed E-state index contributed by atoms with van der Waals surface area (Å²) in [7, 11) is 0. The molecule has 0 aromatic heterocycles. The molecule has 0 radical (unpaired) electrons. The van der Waals surface area contributed by atoms with E-state index in [2.05, 4.69) is 0 Å². The summed E-state index contributed by atoms with van der Waals surface area (Å²) in [6.07, 6.45) is -2.37. The summed E-state index contributed by atoms with van der Waals surface area (Å²) >= 11 is 0. The Labute approximate surface area is 88.4 Å². The van der Waals surface area contributed by atoms with E-state index in [-0.39, 0.29) is 6.54 Å². The number of carbonyl (C=O) groups is 1. The fourth-order valence-electron chi connectivity index (χ4n) is 1.29. The molecular weight excluding hydrogens is 207 g/mol. The maximum Gasteiger partial charge on any atom is 0.471 e. The van der Waals surface area contributed by atoms with Crippen molar-refractivity contribution in [1.29, 1.82) is 0 Å². The maximum atomic E-state index is 12.2. The van der Waals surface area contributed by atoms with Crippen LogP contribution in [0.5, 0.6) is 0 Å². The SMILES string of the molecule is CCCCCN(C(=O)C(F)(F)F)C(C)C. The third-order valence-corrected chi connectivity index (χ3v) is 2.13. The number of amides is 1. The van der Waals surface area contributed by atoms with Crippen molar-refractivity contribution in [3.63, 3.8) is 0 Å². The zero-order chi connectivity index (χ0) is 12.1. The Hall–Kier alpha value is -0.740. The molecule has 0 saturated carbocycles. The van der Waals surface area contributed by atoms with Gasteiger partial charge < -0.3 is 4.90 Å². The van der Waals surface area contributed by atoms with E-state index in [1.165, 1.54) is 0 Å². The van der Waals surface area contributed by atoms with Crippen LogP contribution in [0.3, 0.4) is 0 Å². The fraction of sp³-hybridized carbons (Fsp3) is 0.900. The number of carbonyl (C=O) groups excluding carboxylic acids is 1. The predicted octanol–water partition coefficient (Wildman–Crippen LogP) is 2.98. The van der Waals surface area contributed by atoms with Crippen LogP contribution in [0, 0.1) is 0 Å². The van der Waals surface area contributed by atoms with Crippen LogP contribution in [0.4, 0.5) is 13.2 Å². The molecule has 90 valence electrons. The second kappa shape index (κ2) is 5.98. The molecule has 0 unspecified atom stereocenters. The molecule has 0 aromatic carbocycles. The highest BCUT2D eigenvalue weighted by molar-refractivity contribution is 5.82. The van der Waals surface area contributed by atoms with Gasteiger partial charge in [-0.2, -0.15) is 13.2 Å². The number of halogens is 3. The highest BCUT2D eigenvalue weighted by Crippen LogP contribution is 2.20. The van der Waals surface area contributed by atoms with Crippen molar-refractivity contribution >= 4 is 5.91 Å². The highest BCUT2D eigenvalue weighted by Gasteiger charge is 2.42. The molecular formula is C10H18F3NO. The number of hydrogen-bond acceptors (Lipinski definition) is 1. The summed E-state index contributed by atoms with van der Waals surface area (Å²) in [5.41, 5.74) is 0. The van der Waals surface area contributed by atoms with Gasteiger partial charge in [0, 0.05) is 12.6 Å². The molecule has 0 rings (SSSR count). The van der Waals surface area contributed by atoms with E-state index in [1.54, 1.807) is 13.8 Å². The topological polar surface area (TPSA) is 20.3 Å². The summed E-state index contributed by atoms with van der Waals surface area (Å²) in [6.45, 7) is 5.33. The van der Waals surface area contributed by atoms with Crippen molar-refractivity contribution in [3.8, 4) is 0 Å². The lowest BCUT2D eigenvalue weighted by atomic mass is 10.2. The molecule has 0 aliphatic rings. The Morgan fingerprint density at radius 2 is 1.80 bits per heavy atom. The van der Waals surface area contributed by atoms with E-state index >= 15 is 0 Å². The van der Waals surface area contributed by atoms with Crippen LogP contribution in [0.25, 0.3) is 0 Å². The number of alkyl halides is 3. The van der Waals surface area contributed by atoms with Crippen LogP contribution in [-0.4, -0.2) is 29.6 Å². The smallest absolute Gasteiger partial charge is 0.332 e. The van der Waals surface area contributed by atoms with Crippen LogP contribution < -0.4 is 0 Å². The van der Waals surface area contributed by atoms with E-state index in [0.717, 1.165) is 17.7 Å². The van der Waals surface area contributed by atoms with Crippen LogP contribution in [-0.2, 0) is 4.79 Å². The highest BCUT2D eigenvalue weighted by atomic mass is 19.4. The molecule has 0 heterocycles. The van der Waals surface area contributed by atoms with Crippen molar-refractivity contribution in [2.45, 2.75) is 52.3 Å². The van der Waals surface area contributed by atoms with Gasteiger partial charge in [0.15, 0.2) is 0 Å².